The summed E-state index contributed by atoms with van der Waals surface area (Å²) in [5, 5.41) is 30.7. The molecule has 2 aromatic rings. The van der Waals surface area contributed by atoms with E-state index < -0.39 is 5.97 Å². The molecular weight excluding hydrogens is 389 g/mol. The van der Waals surface area contributed by atoms with Crippen molar-refractivity contribution in [2.45, 2.75) is 52.9 Å². The summed E-state index contributed by atoms with van der Waals surface area (Å²) in [6, 6.07) is 11.2. The van der Waals surface area contributed by atoms with Crippen LogP contribution < -0.4 is 0 Å². The number of carboxylic acids is 1. The molecule has 0 atom stereocenters. The second kappa shape index (κ2) is 12.5. The molecule has 4 nitrogen and oxygen atoms in total. The van der Waals surface area contributed by atoms with E-state index in [0.717, 1.165) is 24.0 Å². The molecule has 0 spiro atoms. The Bertz CT molecular complexity index is 910. The van der Waals surface area contributed by atoms with E-state index in [2.05, 4.69) is 19.9 Å². The van der Waals surface area contributed by atoms with Crippen LogP contribution in [-0.2, 0) is 19.3 Å². The van der Waals surface area contributed by atoms with Crippen LogP contribution in [0.4, 0.5) is 0 Å². The number of aromatic hydroxyl groups is 2. The number of carbonyl (C=O) groups is 1. The van der Waals surface area contributed by atoms with E-state index in [4.69, 9.17) is 0 Å². The predicted octanol–water partition coefficient (Wildman–Crippen LogP) is 5.44. The number of rotatable bonds is 9. The van der Waals surface area contributed by atoms with Gasteiger partial charge in [-0.15, -0.1) is 0 Å². The van der Waals surface area contributed by atoms with Crippen LogP contribution in [0.3, 0.4) is 0 Å². The van der Waals surface area contributed by atoms with Crippen LogP contribution >= 0.6 is 0 Å². The van der Waals surface area contributed by atoms with Gasteiger partial charge in [-0.1, -0.05) is 53.6 Å². The molecule has 5 heteroatoms. The number of phenols is 2. The molecule has 2 aromatic carbocycles. The number of hydrogen-bond acceptors (Lipinski definition) is 3. The molecule has 0 aromatic heterocycles. The molecule has 0 amide bonds. The first-order valence-corrected chi connectivity index (χ1v) is 9.92. The molecule has 0 heterocycles. The van der Waals surface area contributed by atoms with Crippen LogP contribution in [-0.4, -0.2) is 44.3 Å². The van der Waals surface area contributed by atoms with Gasteiger partial charge in [-0.2, -0.15) is 0 Å². The van der Waals surface area contributed by atoms with Crippen molar-refractivity contribution >= 4 is 29.0 Å². The van der Waals surface area contributed by atoms with Crippen LogP contribution in [0.1, 0.15) is 60.7 Å². The minimum absolute atomic E-state index is 0. The molecule has 0 saturated heterocycles. The van der Waals surface area contributed by atoms with E-state index in [1.54, 1.807) is 0 Å². The normalized spacial score (nSPS) is 11.0. The van der Waals surface area contributed by atoms with Gasteiger partial charge in [-0.05, 0) is 70.1 Å². The molecule has 0 unspecified atom stereocenters. The molecule has 0 aliphatic rings. The van der Waals surface area contributed by atoms with Gasteiger partial charge in [0.05, 0.1) is 0 Å². The minimum Gasteiger partial charge on any atom is -0.508 e. The molecule has 0 aliphatic heterocycles. The fraction of sp³-hybridized carbons (Fsp3) is 0.320. The van der Waals surface area contributed by atoms with Gasteiger partial charge in [0.1, 0.15) is 17.1 Å². The second-order valence-corrected chi connectivity index (χ2v) is 7.62. The maximum atomic E-state index is 11.8. The van der Waals surface area contributed by atoms with Crippen molar-refractivity contribution in [2.24, 2.45) is 0 Å². The van der Waals surface area contributed by atoms with Crippen LogP contribution in [0.5, 0.6) is 11.5 Å². The average Bonchev–Trinajstić information content (AvgIpc) is 2.66. The molecule has 0 fully saturated rings. The largest absolute Gasteiger partial charge is 2.00 e. The quantitative estimate of drug-likeness (QED) is 0.374. The van der Waals surface area contributed by atoms with Crippen molar-refractivity contribution in [3.05, 3.63) is 82.0 Å². The smallest absolute Gasteiger partial charge is 0.508 e. The van der Waals surface area contributed by atoms with Gasteiger partial charge < -0.3 is 15.3 Å². The topological polar surface area (TPSA) is 77.8 Å². The summed E-state index contributed by atoms with van der Waals surface area (Å²) in [4.78, 5) is 11.8. The fourth-order valence-corrected chi connectivity index (χ4v) is 3.28. The Kier molecular flexibility index (Phi) is 10.7. The van der Waals surface area contributed by atoms with Gasteiger partial charge >= 0.3 is 29.0 Å². The van der Waals surface area contributed by atoms with Crippen LogP contribution in [0.15, 0.2) is 59.7 Å². The molecule has 0 radical (unpaired) electrons. The summed E-state index contributed by atoms with van der Waals surface area (Å²) in [6.45, 7) is 6.11. The Morgan fingerprint density at radius 2 is 1.67 bits per heavy atom. The number of carboxylic acid groups (broad SMARTS) is 1. The minimum atomic E-state index is -1.18. The van der Waals surface area contributed by atoms with E-state index in [1.807, 2.05) is 43.3 Å². The van der Waals surface area contributed by atoms with E-state index in [0.29, 0.717) is 18.4 Å². The molecule has 2 rings (SSSR count). The summed E-state index contributed by atoms with van der Waals surface area (Å²) in [6.07, 6.45) is 7.25. The zero-order valence-corrected chi connectivity index (χ0v) is 19.5. The second-order valence-electron chi connectivity index (χ2n) is 7.62. The third kappa shape index (κ3) is 7.54. The van der Waals surface area contributed by atoms with Crippen LogP contribution in [0.25, 0.3) is 0 Å². The summed E-state index contributed by atoms with van der Waals surface area (Å²) < 4.78 is 0. The molecule has 154 valence electrons. The number of phenolic OH excluding ortho intramolecular Hbond substituents is 1. The molecule has 0 saturated carbocycles. The summed E-state index contributed by atoms with van der Waals surface area (Å²) in [5.74, 6) is -1.59. The molecule has 30 heavy (non-hydrogen) atoms. The summed E-state index contributed by atoms with van der Waals surface area (Å²) >= 11 is 0. The number of aromatic carboxylic acids is 1. The van der Waals surface area contributed by atoms with Crippen molar-refractivity contribution in [1.82, 2.24) is 0 Å². The van der Waals surface area contributed by atoms with Gasteiger partial charge in [0.2, 0.25) is 0 Å². The van der Waals surface area contributed by atoms with Crippen LogP contribution in [0, 0.1) is 0 Å². The predicted molar refractivity (Wildman–Crippen MR) is 122 cm³/mol. The van der Waals surface area contributed by atoms with Crippen molar-refractivity contribution in [2.75, 3.05) is 0 Å². The first-order chi connectivity index (χ1) is 13.8. The standard InChI is InChI=1S/C25H30O4.Mg/c1-17(2)8-7-9-18(3)12-15-21-22(26)16-20(23(24(21)27)25(28)29)14-13-19-10-5-4-6-11-19;/h4-6,8,10-12,16,26-27H,7,9,13-15H2,1-3H3,(H,28,29);/q;+2/b18-12+;. The first-order valence-electron chi connectivity index (χ1n) is 9.92. The van der Waals surface area contributed by atoms with Crippen molar-refractivity contribution < 1.29 is 20.1 Å². The number of hydrogen-bond donors (Lipinski definition) is 3. The van der Waals surface area contributed by atoms with Crippen LogP contribution in [0.2, 0.25) is 0 Å². The maximum Gasteiger partial charge on any atom is 2.00 e. The maximum absolute atomic E-state index is 11.8. The zero-order valence-electron chi connectivity index (χ0n) is 18.1. The molecule has 0 bridgehead atoms. The van der Waals surface area contributed by atoms with E-state index in [-0.39, 0.29) is 52.1 Å². The third-order valence-electron chi connectivity index (χ3n) is 4.95. The van der Waals surface area contributed by atoms with Gasteiger partial charge in [-0.25, -0.2) is 4.79 Å². The van der Waals surface area contributed by atoms with Crippen molar-refractivity contribution in [3.8, 4) is 11.5 Å². The van der Waals surface area contributed by atoms with Crippen molar-refractivity contribution in [1.29, 1.82) is 0 Å². The van der Waals surface area contributed by atoms with Gasteiger partial charge in [0, 0.05) is 5.56 Å². The fourth-order valence-electron chi connectivity index (χ4n) is 3.28. The summed E-state index contributed by atoms with van der Waals surface area (Å²) in [7, 11) is 0. The van der Waals surface area contributed by atoms with Gasteiger partial charge in [-0.3, -0.25) is 0 Å². The Hall–Kier alpha value is -2.24. The van der Waals surface area contributed by atoms with Gasteiger partial charge in [0.25, 0.3) is 0 Å². The monoisotopic (exact) mass is 418 g/mol. The number of allylic oxidation sites excluding steroid dienone is 4. The Balaban J connectivity index is 0.00000450. The number of aryl methyl sites for hydroxylation is 2. The first kappa shape index (κ1) is 25.8. The average molecular weight is 419 g/mol. The Morgan fingerprint density at radius 3 is 2.27 bits per heavy atom. The number of benzene rings is 2. The molecule has 0 aliphatic carbocycles. The molecule has 3 N–H and O–H groups in total. The van der Waals surface area contributed by atoms with E-state index in [1.165, 1.54) is 11.6 Å². The molecular formula is C25H30MgO4+2. The Morgan fingerprint density at radius 1 is 1.00 bits per heavy atom. The summed E-state index contributed by atoms with van der Waals surface area (Å²) in [5.41, 5.74) is 4.04. The third-order valence-corrected chi connectivity index (χ3v) is 4.95. The Labute approximate surface area is 195 Å². The van der Waals surface area contributed by atoms with E-state index >= 15 is 0 Å². The van der Waals surface area contributed by atoms with Crippen molar-refractivity contribution in [3.63, 3.8) is 0 Å². The van der Waals surface area contributed by atoms with Gasteiger partial charge in [0.15, 0.2) is 0 Å². The van der Waals surface area contributed by atoms with E-state index in [9.17, 15) is 20.1 Å². The SMILES string of the molecule is CC(C)=CCC/C(C)=C/Cc1c(O)cc(CCc2ccccc2)c(C(=O)O)c1O.[Mg+2]. The zero-order chi connectivity index (χ0) is 21.4.